The molecule has 0 amide bonds. The number of benzene rings is 1. The zero-order chi connectivity index (χ0) is 18.6. The molecule has 0 radical (unpaired) electrons. The summed E-state index contributed by atoms with van der Waals surface area (Å²) >= 11 is 1.52. The van der Waals surface area contributed by atoms with Gasteiger partial charge in [-0.2, -0.15) is 0 Å². The van der Waals surface area contributed by atoms with E-state index in [0.717, 1.165) is 34.6 Å². The van der Waals surface area contributed by atoms with Gasteiger partial charge < -0.3 is 0 Å². The van der Waals surface area contributed by atoms with Gasteiger partial charge in [-0.05, 0) is 18.9 Å². The highest BCUT2D eigenvalue weighted by Crippen LogP contribution is 2.40. The summed E-state index contributed by atoms with van der Waals surface area (Å²) in [5, 5.41) is 5.20. The molecule has 1 aromatic carbocycles. The first-order chi connectivity index (χ1) is 12.3. The van der Waals surface area contributed by atoms with Crippen LogP contribution in [-0.4, -0.2) is 24.9 Å². The van der Waals surface area contributed by atoms with E-state index in [9.17, 15) is 4.79 Å². The normalized spacial score (nSPS) is 14.9. The van der Waals surface area contributed by atoms with Crippen molar-refractivity contribution in [2.45, 2.75) is 37.8 Å². The van der Waals surface area contributed by atoms with Crippen LogP contribution in [0.15, 0.2) is 46.4 Å². The van der Waals surface area contributed by atoms with Gasteiger partial charge in [0.25, 0.3) is 5.56 Å². The fraction of sp³-hybridized carbons (Fsp3) is 0.350. The zero-order valence-electron chi connectivity index (χ0n) is 15.5. The van der Waals surface area contributed by atoms with Gasteiger partial charge >= 0.3 is 0 Å². The van der Waals surface area contributed by atoms with Crippen molar-refractivity contribution in [2.24, 2.45) is 7.05 Å². The Hall–Kier alpha value is -2.34. The fourth-order valence-electron chi connectivity index (χ4n) is 3.67. The largest absolute Gasteiger partial charge is 0.268 e. The van der Waals surface area contributed by atoms with Crippen LogP contribution in [0.3, 0.4) is 0 Å². The zero-order valence-corrected chi connectivity index (χ0v) is 16.4. The molecule has 4 rings (SSSR count). The molecule has 2 aromatic heterocycles. The van der Waals surface area contributed by atoms with Crippen molar-refractivity contribution in [3.05, 3.63) is 57.9 Å². The van der Waals surface area contributed by atoms with Crippen LogP contribution >= 0.6 is 11.8 Å². The van der Waals surface area contributed by atoms with Gasteiger partial charge in [0, 0.05) is 23.8 Å². The van der Waals surface area contributed by atoms with E-state index in [0.29, 0.717) is 10.9 Å². The average Bonchev–Trinajstić information content (AvgIpc) is 2.89. The molecule has 2 heterocycles. The van der Waals surface area contributed by atoms with Gasteiger partial charge in [-0.3, -0.25) is 4.79 Å². The number of hydrogen-bond donors (Lipinski definition) is 0. The van der Waals surface area contributed by atoms with Gasteiger partial charge in [0.05, 0.1) is 11.3 Å². The molecule has 3 aromatic rings. The highest BCUT2D eigenvalue weighted by molar-refractivity contribution is 7.99. The van der Waals surface area contributed by atoms with Gasteiger partial charge in [-0.25, -0.2) is 14.1 Å². The number of aryl methyl sites for hydroxylation is 1. The summed E-state index contributed by atoms with van der Waals surface area (Å²) < 4.78 is 3.34. The molecule has 0 unspecified atom stereocenters. The van der Waals surface area contributed by atoms with Crippen LogP contribution in [0.5, 0.6) is 0 Å². The van der Waals surface area contributed by atoms with Crippen molar-refractivity contribution in [1.29, 1.82) is 0 Å². The lowest BCUT2D eigenvalue weighted by Crippen LogP contribution is -2.36. The molecule has 0 atom stereocenters. The van der Waals surface area contributed by atoms with Crippen molar-refractivity contribution in [1.82, 2.24) is 19.2 Å². The number of fused-ring (bicyclic) bond motifs is 4. The maximum Gasteiger partial charge on any atom is 0.265 e. The fourth-order valence-corrected chi connectivity index (χ4v) is 4.52. The van der Waals surface area contributed by atoms with Gasteiger partial charge in [0.2, 0.25) is 5.78 Å². The van der Waals surface area contributed by atoms with E-state index in [1.165, 1.54) is 17.3 Å². The Labute approximate surface area is 156 Å². The maximum atomic E-state index is 13.5. The summed E-state index contributed by atoms with van der Waals surface area (Å²) in [5.74, 6) is 1.30. The second-order valence-corrected chi connectivity index (χ2v) is 8.59. The first-order valence-electron chi connectivity index (χ1n) is 8.65. The minimum Gasteiger partial charge on any atom is -0.268 e. The Kier molecular flexibility index (Phi) is 3.84. The third kappa shape index (κ3) is 2.51. The molecule has 0 N–H and O–H groups in total. The van der Waals surface area contributed by atoms with Crippen LogP contribution in [0.1, 0.15) is 31.9 Å². The van der Waals surface area contributed by atoms with E-state index >= 15 is 0 Å². The summed E-state index contributed by atoms with van der Waals surface area (Å²) in [5.41, 5.74) is 4.62. The first kappa shape index (κ1) is 17.1. The molecule has 0 bridgehead atoms. The van der Waals surface area contributed by atoms with Crippen LogP contribution < -0.4 is 5.56 Å². The quantitative estimate of drug-likeness (QED) is 0.525. The molecular weight excluding hydrogens is 344 g/mol. The lowest BCUT2D eigenvalue weighted by molar-refractivity contribution is 0.505. The SMILES string of the molecule is C=C(C)CSc1nn(C)c2nc3c(c(=O)n12)C(C)(C)Cc1ccccc1-3. The van der Waals surface area contributed by atoms with Crippen LogP contribution in [0, 0.1) is 0 Å². The van der Waals surface area contributed by atoms with E-state index < -0.39 is 0 Å². The van der Waals surface area contributed by atoms with Crippen molar-refractivity contribution in [3.8, 4) is 11.3 Å². The number of aromatic nitrogens is 4. The predicted molar refractivity (Wildman–Crippen MR) is 106 cm³/mol. The van der Waals surface area contributed by atoms with Gasteiger partial charge in [0.1, 0.15) is 0 Å². The van der Waals surface area contributed by atoms with Crippen molar-refractivity contribution >= 4 is 17.5 Å². The van der Waals surface area contributed by atoms with E-state index in [4.69, 9.17) is 4.98 Å². The molecule has 0 spiro atoms. The average molecular weight is 366 g/mol. The summed E-state index contributed by atoms with van der Waals surface area (Å²) in [6.45, 7) is 10.2. The van der Waals surface area contributed by atoms with Crippen molar-refractivity contribution in [2.75, 3.05) is 5.75 Å². The van der Waals surface area contributed by atoms with Crippen molar-refractivity contribution in [3.63, 3.8) is 0 Å². The second-order valence-electron chi connectivity index (χ2n) is 7.65. The van der Waals surface area contributed by atoms with E-state index in [1.54, 1.807) is 9.08 Å². The lowest BCUT2D eigenvalue weighted by Gasteiger charge is -2.32. The molecule has 6 heteroatoms. The van der Waals surface area contributed by atoms with Gasteiger partial charge in [0.15, 0.2) is 5.16 Å². The molecule has 5 nitrogen and oxygen atoms in total. The molecule has 1 aliphatic rings. The summed E-state index contributed by atoms with van der Waals surface area (Å²) in [6, 6.07) is 8.23. The van der Waals surface area contributed by atoms with Crippen molar-refractivity contribution < 1.29 is 0 Å². The molecule has 0 aliphatic heterocycles. The van der Waals surface area contributed by atoms with Gasteiger partial charge in [-0.15, -0.1) is 5.10 Å². The molecule has 0 saturated carbocycles. The standard InChI is InChI=1S/C20H22N4OS/c1-12(2)11-26-19-22-23(5)18-21-16-14-9-7-6-8-13(14)10-20(3,4)15(16)17(25)24(18)19/h6-9H,1,10-11H2,2-5H3. The number of thioether (sulfide) groups is 1. The van der Waals surface area contributed by atoms with E-state index in [-0.39, 0.29) is 11.0 Å². The smallest absolute Gasteiger partial charge is 0.265 e. The number of nitrogens with zero attached hydrogens (tertiary/aromatic N) is 4. The monoisotopic (exact) mass is 366 g/mol. The minimum atomic E-state index is -0.277. The molecule has 1 aliphatic carbocycles. The number of rotatable bonds is 3. The highest BCUT2D eigenvalue weighted by Gasteiger charge is 2.36. The third-order valence-electron chi connectivity index (χ3n) is 4.81. The maximum absolute atomic E-state index is 13.5. The Morgan fingerprint density at radius 1 is 1.35 bits per heavy atom. The van der Waals surface area contributed by atoms with Crippen LogP contribution in [0.4, 0.5) is 0 Å². The highest BCUT2D eigenvalue weighted by atomic mass is 32.2. The Morgan fingerprint density at radius 2 is 2.08 bits per heavy atom. The summed E-state index contributed by atoms with van der Waals surface area (Å²) in [4.78, 5) is 18.4. The van der Waals surface area contributed by atoms with E-state index in [1.807, 2.05) is 26.1 Å². The number of hydrogen-bond acceptors (Lipinski definition) is 4. The first-order valence-corrected chi connectivity index (χ1v) is 9.64. The third-order valence-corrected chi connectivity index (χ3v) is 5.97. The topological polar surface area (TPSA) is 52.2 Å². The molecule has 0 saturated heterocycles. The molecule has 26 heavy (non-hydrogen) atoms. The minimum absolute atomic E-state index is 0.0122. The Bertz CT molecular complexity index is 1110. The lowest BCUT2D eigenvalue weighted by atomic mass is 9.72. The van der Waals surface area contributed by atoms with Crippen LogP contribution in [0.25, 0.3) is 17.0 Å². The molecular formula is C20H22N4OS. The van der Waals surface area contributed by atoms with Crippen LogP contribution in [-0.2, 0) is 18.9 Å². The Balaban J connectivity index is 2.05. The van der Waals surface area contributed by atoms with Gasteiger partial charge in [-0.1, -0.05) is 62.0 Å². The Morgan fingerprint density at radius 3 is 2.81 bits per heavy atom. The second kappa shape index (κ2) is 5.84. The van der Waals surface area contributed by atoms with E-state index in [2.05, 4.69) is 37.7 Å². The summed E-state index contributed by atoms with van der Waals surface area (Å²) in [7, 11) is 1.83. The van der Waals surface area contributed by atoms with Crippen LogP contribution in [0.2, 0.25) is 0 Å². The predicted octanol–water partition coefficient (Wildman–Crippen LogP) is 3.60. The molecule has 134 valence electrons. The molecule has 0 fully saturated rings. The summed E-state index contributed by atoms with van der Waals surface area (Å²) in [6.07, 6.45) is 0.827.